The molecule has 2 nitrogen and oxygen atoms in total. The molecule has 0 fully saturated rings. The number of hydrogen-bond donors (Lipinski definition) is 1. The molecule has 0 spiro atoms. The lowest BCUT2D eigenvalue weighted by Crippen LogP contribution is -1.82. The van der Waals surface area contributed by atoms with Crippen molar-refractivity contribution in [2.24, 2.45) is 0 Å². The van der Waals surface area contributed by atoms with Crippen molar-refractivity contribution < 1.29 is 0 Å². The van der Waals surface area contributed by atoms with E-state index in [1.54, 1.807) is 24.4 Å². The van der Waals surface area contributed by atoms with Crippen LogP contribution in [0.1, 0.15) is 5.56 Å². The van der Waals surface area contributed by atoms with Gasteiger partial charge in [-0.3, -0.25) is 0 Å². The number of benzene rings is 1. The van der Waals surface area contributed by atoms with Gasteiger partial charge in [-0.25, -0.2) is 0 Å². The van der Waals surface area contributed by atoms with Gasteiger partial charge >= 0.3 is 0 Å². The minimum atomic E-state index is 0.392. The highest BCUT2D eigenvalue weighted by atomic mass is 35.5. The SMILES string of the molecule is N#Cc1c(Cl)c[nH]c1-c1ccc(Cl)c(Cl)c1. The molecule has 2 aromatic rings. The van der Waals surface area contributed by atoms with Crippen LogP contribution >= 0.6 is 34.8 Å². The summed E-state index contributed by atoms with van der Waals surface area (Å²) in [6, 6.07) is 7.18. The number of nitriles is 1. The van der Waals surface area contributed by atoms with Gasteiger partial charge in [-0.2, -0.15) is 5.26 Å². The number of hydrogen-bond acceptors (Lipinski definition) is 1. The minimum Gasteiger partial charge on any atom is -0.359 e. The van der Waals surface area contributed by atoms with E-state index in [9.17, 15) is 0 Å². The maximum atomic E-state index is 8.96. The molecule has 1 aromatic carbocycles. The maximum absolute atomic E-state index is 8.96. The van der Waals surface area contributed by atoms with E-state index >= 15 is 0 Å². The Bertz CT molecular complexity index is 581. The monoisotopic (exact) mass is 270 g/mol. The molecule has 1 heterocycles. The Morgan fingerprint density at radius 3 is 2.44 bits per heavy atom. The molecule has 0 aliphatic rings. The number of aromatic amines is 1. The first-order chi connectivity index (χ1) is 7.63. The summed E-state index contributed by atoms with van der Waals surface area (Å²) in [5.41, 5.74) is 1.82. The molecule has 0 unspecified atom stereocenters. The van der Waals surface area contributed by atoms with Crippen LogP contribution < -0.4 is 0 Å². The normalized spacial score (nSPS) is 10.1. The number of nitrogens with one attached hydrogen (secondary N) is 1. The molecule has 0 saturated carbocycles. The second-order valence-electron chi connectivity index (χ2n) is 3.13. The Morgan fingerprint density at radius 1 is 1.06 bits per heavy atom. The standard InChI is InChI=1S/C11H5Cl3N2/c12-8-2-1-6(3-9(8)13)11-7(4-15)10(14)5-16-11/h1-3,5,16H. The first-order valence-corrected chi connectivity index (χ1v) is 5.49. The molecule has 0 aliphatic carbocycles. The second-order valence-corrected chi connectivity index (χ2v) is 4.35. The first kappa shape index (κ1) is 11.3. The topological polar surface area (TPSA) is 39.6 Å². The highest BCUT2D eigenvalue weighted by Gasteiger charge is 2.12. The smallest absolute Gasteiger partial charge is 0.103 e. The van der Waals surface area contributed by atoms with E-state index in [2.05, 4.69) is 4.98 Å². The van der Waals surface area contributed by atoms with Crippen LogP contribution in [0.3, 0.4) is 0 Å². The Balaban J connectivity index is 2.60. The third kappa shape index (κ3) is 1.90. The van der Waals surface area contributed by atoms with Crippen molar-refractivity contribution in [3.05, 3.63) is 45.0 Å². The molecule has 0 bridgehead atoms. The van der Waals surface area contributed by atoms with E-state index in [-0.39, 0.29) is 0 Å². The first-order valence-electron chi connectivity index (χ1n) is 4.36. The number of rotatable bonds is 1. The third-order valence-electron chi connectivity index (χ3n) is 2.15. The van der Waals surface area contributed by atoms with E-state index in [0.717, 1.165) is 5.56 Å². The van der Waals surface area contributed by atoms with Crippen molar-refractivity contribution in [3.63, 3.8) is 0 Å². The van der Waals surface area contributed by atoms with Gasteiger partial charge in [-0.15, -0.1) is 0 Å². The van der Waals surface area contributed by atoms with Crippen LogP contribution in [0.25, 0.3) is 11.3 Å². The fourth-order valence-electron chi connectivity index (χ4n) is 1.39. The molecule has 0 atom stereocenters. The summed E-state index contributed by atoms with van der Waals surface area (Å²) in [6.45, 7) is 0. The van der Waals surface area contributed by atoms with E-state index in [0.29, 0.717) is 26.3 Å². The average Bonchev–Trinajstić information content (AvgIpc) is 2.63. The average molecular weight is 272 g/mol. The summed E-state index contributed by atoms with van der Waals surface area (Å²) in [5, 5.41) is 10.3. The van der Waals surface area contributed by atoms with Crippen molar-refractivity contribution in [1.82, 2.24) is 4.98 Å². The van der Waals surface area contributed by atoms with Crippen LogP contribution in [0.5, 0.6) is 0 Å². The summed E-state index contributed by atoms with van der Waals surface area (Å²) in [7, 11) is 0. The van der Waals surface area contributed by atoms with Crippen molar-refractivity contribution in [1.29, 1.82) is 5.26 Å². The maximum Gasteiger partial charge on any atom is 0.103 e. The lowest BCUT2D eigenvalue weighted by atomic mass is 10.1. The van der Waals surface area contributed by atoms with Crippen LogP contribution in [-0.2, 0) is 0 Å². The van der Waals surface area contributed by atoms with Crippen molar-refractivity contribution in [3.8, 4) is 17.3 Å². The second kappa shape index (κ2) is 4.39. The molecule has 2 rings (SSSR count). The summed E-state index contributed by atoms with van der Waals surface area (Å²) in [5.74, 6) is 0. The highest BCUT2D eigenvalue weighted by Crippen LogP contribution is 2.32. The van der Waals surface area contributed by atoms with Crippen molar-refractivity contribution in [2.45, 2.75) is 0 Å². The molecule has 0 aliphatic heterocycles. The molecule has 1 N–H and O–H groups in total. The van der Waals surface area contributed by atoms with Gasteiger partial charge in [-0.05, 0) is 12.1 Å². The predicted octanol–water partition coefficient (Wildman–Crippen LogP) is 4.51. The zero-order valence-corrected chi connectivity index (χ0v) is 10.2. The van der Waals surface area contributed by atoms with Gasteiger partial charge < -0.3 is 4.98 Å². The summed E-state index contributed by atoms with van der Waals surface area (Å²) < 4.78 is 0. The molecule has 80 valence electrons. The van der Waals surface area contributed by atoms with Crippen LogP contribution in [0.15, 0.2) is 24.4 Å². The molecule has 0 saturated heterocycles. The van der Waals surface area contributed by atoms with Crippen LogP contribution in [0.4, 0.5) is 0 Å². The minimum absolute atomic E-state index is 0.392. The number of H-pyrrole nitrogens is 1. The number of aromatic nitrogens is 1. The van der Waals surface area contributed by atoms with Gasteiger partial charge in [0.1, 0.15) is 6.07 Å². The number of halogens is 3. The van der Waals surface area contributed by atoms with E-state index in [1.165, 1.54) is 0 Å². The van der Waals surface area contributed by atoms with E-state index in [1.807, 2.05) is 6.07 Å². The van der Waals surface area contributed by atoms with Gasteiger partial charge in [0.15, 0.2) is 0 Å². The predicted molar refractivity (Wildman–Crippen MR) is 66.0 cm³/mol. The summed E-state index contributed by atoms with van der Waals surface area (Å²) in [4.78, 5) is 2.93. The fourth-order valence-corrected chi connectivity index (χ4v) is 1.88. The molecular weight excluding hydrogens is 266 g/mol. The van der Waals surface area contributed by atoms with Crippen LogP contribution in [0, 0.1) is 11.3 Å². The van der Waals surface area contributed by atoms with Gasteiger partial charge in [0.2, 0.25) is 0 Å². The molecule has 0 radical (unpaired) electrons. The molecule has 1 aromatic heterocycles. The molecular formula is C11H5Cl3N2. The zero-order chi connectivity index (χ0) is 11.7. The molecule has 5 heteroatoms. The van der Waals surface area contributed by atoms with Gasteiger partial charge in [0.25, 0.3) is 0 Å². The van der Waals surface area contributed by atoms with E-state index < -0.39 is 0 Å². The van der Waals surface area contributed by atoms with Crippen LogP contribution in [-0.4, -0.2) is 4.98 Å². The van der Waals surface area contributed by atoms with E-state index in [4.69, 9.17) is 40.1 Å². The van der Waals surface area contributed by atoms with Gasteiger partial charge in [-0.1, -0.05) is 40.9 Å². The Morgan fingerprint density at radius 2 is 1.81 bits per heavy atom. The molecule has 0 amide bonds. The molecule has 16 heavy (non-hydrogen) atoms. The summed E-state index contributed by atoms with van der Waals surface area (Å²) in [6.07, 6.45) is 1.57. The van der Waals surface area contributed by atoms with Crippen LogP contribution in [0.2, 0.25) is 15.1 Å². The Labute approximate surface area is 107 Å². The Kier molecular flexibility index (Phi) is 3.11. The van der Waals surface area contributed by atoms with Crippen molar-refractivity contribution >= 4 is 34.8 Å². The largest absolute Gasteiger partial charge is 0.359 e. The van der Waals surface area contributed by atoms with Gasteiger partial charge in [0.05, 0.1) is 26.3 Å². The fraction of sp³-hybridized carbons (Fsp3) is 0. The zero-order valence-electron chi connectivity index (χ0n) is 7.89. The lowest BCUT2D eigenvalue weighted by molar-refractivity contribution is 1.39. The van der Waals surface area contributed by atoms with Gasteiger partial charge in [0, 0.05) is 11.8 Å². The van der Waals surface area contributed by atoms with Crippen molar-refractivity contribution in [2.75, 3.05) is 0 Å². The Hall–Kier alpha value is -1.14. The quantitative estimate of drug-likeness (QED) is 0.814. The number of nitrogens with zero attached hydrogens (tertiary/aromatic N) is 1. The third-order valence-corrected chi connectivity index (χ3v) is 3.19. The summed E-state index contributed by atoms with van der Waals surface area (Å²) >= 11 is 17.6. The highest BCUT2D eigenvalue weighted by molar-refractivity contribution is 6.42. The lowest BCUT2D eigenvalue weighted by Gasteiger charge is -2.01.